The zero-order valence-corrected chi connectivity index (χ0v) is 20.9. The van der Waals surface area contributed by atoms with Gasteiger partial charge >= 0.3 is 5.97 Å². The Bertz CT molecular complexity index is 1420. The van der Waals surface area contributed by atoms with Crippen LogP contribution < -0.4 is 10.7 Å². The van der Waals surface area contributed by atoms with Gasteiger partial charge in [0.25, 0.3) is 0 Å². The van der Waals surface area contributed by atoms with Gasteiger partial charge in [-0.15, -0.1) is 10.2 Å². The first kappa shape index (κ1) is 23.6. The molecule has 0 radical (unpaired) electrons. The highest BCUT2D eigenvalue weighted by atomic mass is 32.2. The Hall–Kier alpha value is -4.11. The number of carbonyl (C=O) groups is 2. The zero-order chi connectivity index (χ0) is 25.2. The molecule has 8 nitrogen and oxygen atoms in total. The summed E-state index contributed by atoms with van der Waals surface area (Å²) in [5, 5.41) is 11.9. The molecule has 0 saturated carbocycles. The molecule has 2 heterocycles. The SMILES string of the molecule is COC(=O)c1ccc([C@H]2Nn3c(nnc3-c3ccccc3)S[C@@H]2C(=O)Nc2cc(C)ccc2C)cc1. The van der Waals surface area contributed by atoms with E-state index < -0.39 is 17.3 Å². The highest BCUT2D eigenvalue weighted by Gasteiger charge is 2.38. The van der Waals surface area contributed by atoms with E-state index >= 15 is 0 Å². The molecule has 0 bridgehead atoms. The third-order valence-corrected chi connectivity index (χ3v) is 7.28. The van der Waals surface area contributed by atoms with Crippen molar-refractivity contribution in [3.8, 4) is 11.4 Å². The van der Waals surface area contributed by atoms with Crippen molar-refractivity contribution in [2.45, 2.75) is 30.3 Å². The number of methoxy groups -OCH3 is 1. The molecule has 0 fully saturated rings. The Morgan fingerprint density at radius 1 is 1.00 bits per heavy atom. The van der Waals surface area contributed by atoms with Crippen LogP contribution in [0.15, 0.2) is 78.0 Å². The molecule has 1 aliphatic rings. The number of carbonyl (C=O) groups excluding carboxylic acids is 2. The predicted molar refractivity (Wildman–Crippen MR) is 140 cm³/mol. The van der Waals surface area contributed by atoms with Crippen molar-refractivity contribution in [3.63, 3.8) is 0 Å². The van der Waals surface area contributed by atoms with Crippen molar-refractivity contribution in [3.05, 3.63) is 95.1 Å². The van der Waals surface area contributed by atoms with Gasteiger partial charge in [0.15, 0.2) is 5.82 Å². The van der Waals surface area contributed by atoms with Gasteiger partial charge in [-0.1, -0.05) is 66.4 Å². The van der Waals surface area contributed by atoms with Gasteiger partial charge in [0, 0.05) is 11.3 Å². The number of fused-ring (bicyclic) bond motifs is 1. The number of hydrogen-bond acceptors (Lipinski definition) is 7. The lowest BCUT2D eigenvalue weighted by Crippen LogP contribution is -2.41. The minimum atomic E-state index is -0.547. The van der Waals surface area contributed by atoms with Gasteiger partial charge < -0.3 is 15.5 Å². The van der Waals surface area contributed by atoms with E-state index in [1.807, 2.05) is 79.2 Å². The molecular weight excluding hydrogens is 474 g/mol. The van der Waals surface area contributed by atoms with Crippen LogP contribution in [0.4, 0.5) is 5.69 Å². The number of anilines is 1. The number of ether oxygens (including phenoxy) is 1. The lowest BCUT2D eigenvalue weighted by atomic mass is 10.0. The van der Waals surface area contributed by atoms with Gasteiger partial charge in [0.05, 0.1) is 18.7 Å². The summed E-state index contributed by atoms with van der Waals surface area (Å²) >= 11 is 1.35. The molecule has 0 saturated heterocycles. The lowest BCUT2D eigenvalue weighted by Gasteiger charge is -2.33. The summed E-state index contributed by atoms with van der Waals surface area (Å²) in [7, 11) is 1.35. The van der Waals surface area contributed by atoms with Gasteiger partial charge in [0.2, 0.25) is 11.1 Å². The first-order chi connectivity index (χ1) is 17.4. The number of amides is 1. The van der Waals surface area contributed by atoms with Crippen molar-refractivity contribution in [1.29, 1.82) is 0 Å². The van der Waals surface area contributed by atoms with E-state index in [-0.39, 0.29) is 5.91 Å². The summed E-state index contributed by atoms with van der Waals surface area (Å²) in [4.78, 5) is 25.6. The van der Waals surface area contributed by atoms with E-state index in [0.29, 0.717) is 16.5 Å². The van der Waals surface area contributed by atoms with Crippen LogP contribution in [0.3, 0.4) is 0 Å². The Morgan fingerprint density at radius 2 is 1.75 bits per heavy atom. The zero-order valence-electron chi connectivity index (χ0n) is 20.1. The molecule has 3 aromatic carbocycles. The third-order valence-electron chi connectivity index (χ3n) is 6.07. The normalized spacial score (nSPS) is 16.5. The lowest BCUT2D eigenvalue weighted by molar-refractivity contribution is -0.116. The first-order valence-corrected chi connectivity index (χ1v) is 12.3. The van der Waals surface area contributed by atoms with E-state index in [2.05, 4.69) is 20.9 Å². The maximum absolute atomic E-state index is 13.6. The van der Waals surface area contributed by atoms with Crippen molar-refractivity contribution in [2.24, 2.45) is 0 Å². The second-order valence-electron chi connectivity index (χ2n) is 8.57. The highest BCUT2D eigenvalue weighted by Crippen LogP contribution is 2.39. The number of nitrogens with one attached hydrogen (secondary N) is 2. The number of aromatic nitrogens is 3. The molecule has 2 atom stereocenters. The standard InChI is InChI=1S/C27H25N5O3S/c1-16-9-10-17(2)21(15-16)28-25(33)23-22(18-11-13-20(14-12-18)26(34)35-3)31-32-24(29-30-27(32)36-23)19-7-5-4-6-8-19/h4-15,22-23,31H,1-3H3,(H,28,33)/t22-,23+/m1/s1. The van der Waals surface area contributed by atoms with Crippen molar-refractivity contribution in [1.82, 2.24) is 14.9 Å². The van der Waals surface area contributed by atoms with Crippen LogP contribution in [-0.4, -0.2) is 39.1 Å². The van der Waals surface area contributed by atoms with Crippen LogP contribution in [0.25, 0.3) is 11.4 Å². The van der Waals surface area contributed by atoms with E-state index in [0.717, 1.165) is 27.9 Å². The minimum absolute atomic E-state index is 0.154. The summed E-state index contributed by atoms with van der Waals surface area (Å²) in [6.07, 6.45) is 0. The average Bonchev–Trinajstić information content (AvgIpc) is 3.33. The number of hydrogen-bond donors (Lipinski definition) is 2. The Labute approximate surface area is 213 Å². The Balaban J connectivity index is 1.52. The fourth-order valence-electron chi connectivity index (χ4n) is 4.10. The molecule has 1 aliphatic heterocycles. The molecule has 9 heteroatoms. The Morgan fingerprint density at radius 3 is 2.47 bits per heavy atom. The van der Waals surface area contributed by atoms with Crippen molar-refractivity contribution >= 4 is 29.3 Å². The minimum Gasteiger partial charge on any atom is -0.465 e. The van der Waals surface area contributed by atoms with Crippen LogP contribution in [0, 0.1) is 13.8 Å². The van der Waals surface area contributed by atoms with E-state index in [1.54, 1.807) is 12.1 Å². The summed E-state index contributed by atoms with van der Waals surface area (Å²) in [5.74, 6) is 0.0885. The molecule has 0 spiro atoms. The number of esters is 1. The van der Waals surface area contributed by atoms with E-state index in [4.69, 9.17) is 4.74 Å². The second-order valence-corrected chi connectivity index (χ2v) is 9.68. The smallest absolute Gasteiger partial charge is 0.337 e. The molecular formula is C27H25N5O3S. The van der Waals surface area contributed by atoms with Crippen molar-refractivity contribution in [2.75, 3.05) is 17.9 Å². The highest BCUT2D eigenvalue weighted by molar-refractivity contribution is 8.00. The maximum atomic E-state index is 13.6. The van der Waals surface area contributed by atoms with Crippen molar-refractivity contribution < 1.29 is 14.3 Å². The average molecular weight is 500 g/mol. The number of thioether (sulfide) groups is 1. The summed E-state index contributed by atoms with van der Waals surface area (Å²) < 4.78 is 6.65. The molecule has 1 aromatic heterocycles. The van der Waals surface area contributed by atoms with Crippen LogP contribution in [0.5, 0.6) is 0 Å². The third kappa shape index (κ3) is 4.57. The molecule has 4 aromatic rings. The van der Waals surface area contributed by atoms with Gasteiger partial charge in [-0.2, -0.15) is 0 Å². The van der Waals surface area contributed by atoms with Crippen LogP contribution in [-0.2, 0) is 9.53 Å². The predicted octanol–water partition coefficient (Wildman–Crippen LogP) is 4.75. The molecule has 0 aliphatic carbocycles. The molecule has 1 amide bonds. The monoisotopic (exact) mass is 499 g/mol. The van der Waals surface area contributed by atoms with Gasteiger partial charge in [-0.3, -0.25) is 4.79 Å². The fourth-order valence-corrected chi connectivity index (χ4v) is 5.18. The van der Waals surface area contributed by atoms with Crippen LogP contribution in [0.2, 0.25) is 0 Å². The number of nitrogens with zero attached hydrogens (tertiary/aromatic N) is 3. The number of benzene rings is 3. The maximum Gasteiger partial charge on any atom is 0.337 e. The largest absolute Gasteiger partial charge is 0.465 e. The fraction of sp³-hybridized carbons (Fsp3) is 0.185. The number of rotatable bonds is 5. The van der Waals surface area contributed by atoms with E-state index in [1.165, 1.54) is 18.9 Å². The molecule has 2 N–H and O–H groups in total. The van der Waals surface area contributed by atoms with Crippen LogP contribution >= 0.6 is 11.8 Å². The molecule has 5 rings (SSSR count). The molecule has 182 valence electrons. The van der Waals surface area contributed by atoms with Crippen LogP contribution in [0.1, 0.15) is 33.1 Å². The van der Waals surface area contributed by atoms with E-state index in [9.17, 15) is 9.59 Å². The molecule has 0 unspecified atom stereocenters. The second kappa shape index (κ2) is 9.87. The van der Waals surface area contributed by atoms with Gasteiger partial charge in [0.1, 0.15) is 5.25 Å². The number of aryl methyl sites for hydroxylation is 2. The van der Waals surface area contributed by atoms with Gasteiger partial charge in [-0.25, -0.2) is 9.47 Å². The first-order valence-electron chi connectivity index (χ1n) is 11.4. The summed E-state index contributed by atoms with van der Waals surface area (Å²) in [6, 6.07) is 22.4. The quantitative estimate of drug-likeness (QED) is 0.383. The summed E-state index contributed by atoms with van der Waals surface area (Å²) in [5.41, 5.74) is 8.47. The summed E-state index contributed by atoms with van der Waals surface area (Å²) in [6.45, 7) is 3.96. The topological polar surface area (TPSA) is 98.1 Å². The Kier molecular flexibility index (Phi) is 6.47. The molecule has 36 heavy (non-hydrogen) atoms. The van der Waals surface area contributed by atoms with Gasteiger partial charge in [-0.05, 0) is 48.7 Å².